The summed E-state index contributed by atoms with van der Waals surface area (Å²) in [5.41, 5.74) is 16.0. The lowest BCUT2D eigenvalue weighted by atomic mass is 10.0. The van der Waals surface area contributed by atoms with E-state index in [0.29, 0.717) is 28.8 Å². The number of hydrogen-bond donors (Lipinski definition) is 2. The molecular formula is C18H17ClN6O. The minimum atomic E-state index is 0.132. The smallest absolute Gasteiger partial charge is 0.224 e. The molecule has 3 aromatic heterocycles. The van der Waals surface area contributed by atoms with Crippen LogP contribution in [0.25, 0.3) is 17.2 Å². The van der Waals surface area contributed by atoms with Gasteiger partial charge in [0.25, 0.3) is 0 Å². The minimum absolute atomic E-state index is 0.132. The number of aromatic nitrogens is 4. The van der Waals surface area contributed by atoms with Gasteiger partial charge >= 0.3 is 0 Å². The van der Waals surface area contributed by atoms with Gasteiger partial charge in [0, 0.05) is 17.7 Å². The Labute approximate surface area is 154 Å². The second kappa shape index (κ2) is 6.03. The second-order valence-corrected chi connectivity index (χ2v) is 6.55. The molecule has 0 radical (unpaired) electrons. The van der Waals surface area contributed by atoms with Gasteiger partial charge in [-0.2, -0.15) is 19.6 Å². The number of rotatable bonds is 3. The molecule has 8 heteroatoms. The van der Waals surface area contributed by atoms with Gasteiger partial charge in [-0.05, 0) is 43.2 Å². The summed E-state index contributed by atoms with van der Waals surface area (Å²) in [4.78, 5) is 8.61. The molecule has 0 atom stereocenters. The molecule has 0 unspecified atom stereocenters. The fourth-order valence-electron chi connectivity index (χ4n) is 2.89. The highest BCUT2D eigenvalue weighted by Gasteiger charge is 2.19. The molecule has 132 valence electrons. The second-order valence-electron chi connectivity index (χ2n) is 6.19. The highest BCUT2D eigenvalue weighted by Crippen LogP contribution is 2.28. The molecule has 0 saturated heterocycles. The number of furan rings is 1. The maximum Gasteiger partial charge on any atom is 0.224 e. The number of fused-ring (bicyclic) bond motifs is 1. The van der Waals surface area contributed by atoms with Crippen molar-refractivity contribution in [1.82, 2.24) is 19.6 Å². The monoisotopic (exact) mass is 368 g/mol. The summed E-state index contributed by atoms with van der Waals surface area (Å²) in [6, 6.07) is 9.53. The quantitative estimate of drug-likeness (QED) is 0.536. The number of halogens is 1. The van der Waals surface area contributed by atoms with Crippen molar-refractivity contribution in [2.24, 2.45) is 0 Å². The molecule has 0 spiro atoms. The maximum atomic E-state index is 6.41. The van der Waals surface area contributed by atoms with Crippen molar-refractivity contribution >= 4 is 28.9 Å². The van der Waals surface area contributed by atoms with E-state index < -0.39 is 0 Å². The Morgan fingerprint density at radius 2 is 1.92 bits per heavy atom. The third kappa shape index (κ3) is 2.76. The van der Waals surface area contributed by atoms with Gasteiger partial charge in [-0.3, -0.25) is 0 Å². The van der Waals surface area contributed by atoms with Crippen molar-refractivity contribution < 1.29 is 4.42 Å². The van der Waals surface area contributed by atoms with Gasteiger partial charge in [0.1, 0.15) is 5.76 Å². The van der Waals surface area contributed by atoms with Crippen LogP contribution in [0.15, 0.2) is 34.7 Å². The van der Waals surface area contributed by atoms with Gasteiger partial charge in [0.15, 0.2) is 16.6 Å². The van der Waals surface area contributed by atoms with E-state index in [1.807, 2.05) is 44.2 Å². The summed E-state index contributed by atoms with van der Waals surface area (Å²) in [5, 5.41) is 4.74. The van der Waals surface area contributed by atoms with Gasteiger partial charge in [-0.1, -0.05) is 23.7 Å². The van der Waals surface area contributed by atoms with Crippen LogP contribution in [-0.2, 0) is 6.42 Å². The average Bonchev–Trinajstić information content (AvgIpc) is 3.15. The Hall–Kier alpha value is -3.06. The predicted molar refractivity (Wildman–Crippen MR) is 101 cm³/mol. The first-order valence-electron chi connectivity index (χ1n) is 8.05. The predicted octanol–water partition coefficient (Wildman–Crippen LogP) is 3.41. The molecule has 0 aliphatic rings. The molecule has 0 aliphatic heterocycles. The zero-order chi connectivity index (χ0) is 18.4. The maximum absolute atomic E-state index is 6.41. The highest BCUT2D eigenvalue weighted by atomic mass is 35.5. The molecule has 0 bridgehead atoms. The topological polar surface area (TPSA) is 108 Å². The van der Waals surface area contributed by atoms with Crippen LogP contribution in [0.3, 0.4) is 0 Å². The molecule has 0 fully saturated rings. The van der Waals surface area contributed by atoms with Crippen LogP contribution in [0.4, 0.5) is 11.6 Å². The largest absolute Gasteiger partial charge is 0.458 e. The van der Waals surface area contributed by atoms with E-state index in [1.54, 1.807) is 4.52 Å². The van der Waals surface area contributed by atoms with Crippen molar-refractivity contribution in [1.29, 1.82) is 0 Å². The minimum Gasteiger partial charge on any atom is -0.458 e. The van der Waals surface area contributed by atoms with E-state index in [4.69, 9.17) is 27.5 Å². The normalized spacial score (nSPS) is 11.3. The van der Waals surface area contributed by atoms with Crippen LogP contribution in [0.5, 0.6) is 0 Å². The Balaban J connectivity index is 1.87. The van der Waals surface area contributed by atoms with Crippen LogP contribution in [0, 0.1) is 13.8 Å². The SMILES string of the molecule is Cc1ccc(-c2nc(N)nc3c(Cc4ccc(N)c(C)c4)c(Cl)nn23)o1. The van der Waals surface area contributed by atoms with E-state index >= 15 is 0 Å². The van der Waals surface area contributed by atoms with Gasteiger partial charge in [-0.15, -0.1) is 0 Å². The molecule has 7 nitrogen and oxygen atoms in total. The Kier molecular flexibility index (Phi) is 3.81. The summed E-state index contributed by atoms with van der Waals surface area (Å²) >= 11 is 6.41. The number of nitrogens with two attached hydrogens (primary N) is 2. The summed E-state index contributed by atoms with van der Waals surface area (Å²) in [5.74, 6) is 1.91. The molecule has 26 heavy (non-hydrogen) atoms. The van der Waals surface area contributed by atoms with Crippen molar-refractivity contribution in [2.45, 2.75) is 20.3 Å². The standard InChI is InChI=1S/C18H17ClN6O/c1-9-7-11(4-5-13(9)20)8-12-15(19)24-25-16(12)22-18(21)23-17(25)14-6-3-10(2)26-14/h3-7H,8,20H2,1-2H3,(H2,21,22). The van der Waals surface area contributed by atoms with Gasteiger partial charge < -0.3 is 15.9 Å². The number of benzene rings is 1. The van der Waals surface area contributed by atoms with Crippen LogP contribution < -0.4 is 11.5 Å². The van der Waals surface area contributed by atoms with Gasteiger partial charge in [0.2, 0.25) is 11.8 Å². The molecule has 4 N–H and O–H groups in total. The molecule has 1 aromatic carbocycles. The average molecular weight is 369 g/mol. The van der Waals surface area contributed by atoms with Crippen molar-refractivity contribution in [3.05, 3.63) is 57.9 Å². The van der Waals surface area contributed by atoms with Crippen LogP contribution >= 0.6 is 11.6 Å². The molecule has 4 rings (SSSR count). The van der Waals surface area contributed by atoms with E-state index in [1.165, 1.54) is 0 Å². The van der Waals surface area contributed by atoms with E-state index in [-0.39, 0.29) is 5.95 Å². The molecule has 4 aromatic rings. The van der Waals surface area contributed by atoms with Gasteiger partial charge in [-0.25, -0.2) is 0 Å². The Morgan fingerprint density at radius 1 is 1.12 bits per heavy atom. The lowest BCUT2D eigenvalue weighted by molar-refractivity contribution is 0.541. The van der Waals surface area contributed by atoms with Crippen molar-refractivity contribution in [3.63, 3.8) is 0 Å². The Morgan fingerprint density at radius 3 is 2.62 bits per heavy atom. The summed E-state index contributed by atoms with van der Waals surface area (Å²) in [6.07, 6.45) is 0.552. The third-order valence-electron chi connectivity index (χ3n) is 4.22. The van der Waals surface area contributed by atoms with Crippen LogP contribution in [-0.4, -0.2) is 19.6 Å². The van der Waals surface area contributed by atoms with E-state index in [2.05, 4.69) is 15.1 Å². The first kappa shape index (κ1) is 16.4. The molecular weight excluding hydrogens is 352 g/mol. The van der Waals surface area contributed by atoms with E-state index in [9.17, 15) is 0 Å². The fraction of sp³-hybridized carbons (Fsp3) is 0.167. The molecule has 0 amide bonds. The zero-order valence-electron chi connectivity index (χ0n) is 14.3. The summed E-state index contributed by atoms with van der Waals surface area (Å²) < 4.78 is 7.23. The first-order valence-corrected chi connectivity index (χ1v) is 8.42. The third-order valence-corrected chi connectivity index (χ3v) is 4.53. The zero-order valence-corrected chi connectivity index (χ0v) is 15.1. The number of hydrogen-bond acceptors (Lipinski definition) is 6. The fourth-order valence-corrected chi connectivity index (χ4v) is 3.11. The Bertz CT molecular complexity index is 1130. The van der Waals surface area contributed by atoms with Crippen molar-refractivity contribution in [3.8, 4) is 11.6 Å². The molecule has 3 heterocycles. The number of anilines is 2. The highest BCUT2D eigenvalue weighted by molar-refractivity contribution is 6.30. The van der Waals surface area contributed by atoms with Crippen molar-refractivity contribution in [2.75, 3.05) is 11.5 Å². The lowest BCUT2D eigenvalue weighted by Gasteiger charge is -2.06. The summed E-state index contributed by atoms with van der Waals surface area (Å²) in [7, 11) is 0. The lowest BCUT2D eigenvalue weighted by Crippen LogP contribution is -2.05. The van der Waals surface area contributed by atoms with E-state index in [0.717, 1.165) is 28.1 Å². The van der Waals surface area contributed by atoms with Crippen LogP contribution in [0.2, 0.25) is 5.15 Å². The number of aryl methyl sites for hydroxylation is 2. The van der Waals surface area contributed by atoms with Crippen LogP contribution in [0.1, 0.15) is 22.5 Å². The van der Waals surface area contributed by atoms with Gasteiger partial charge in [0.05, 0.1) is 0 Å². The summed E-state index contributed by atoms with van der Waals surface area (Å²) in [6.45, 7) is 3.82. The first-order chi connectivity index (χ1) is 12.4. The molecule has 0 aliphatic carbocycles. The number of nitrogen functional groups attached to an aromatic ring is 2. The molecule has 0 saturated carbocycles. The number of nitrogens with zero attached hydrogens (tertiary/aromatic N) is 4.